The van der Waals surface area contributed by atoms with Gasteiger partial charge in [-0.3, -0.25) is 0 Å². The molecule has 0 aliphatic rings. The SMILES string of the molecule is COc1ccc(OC)c(-c2nncc(Cl)n2)c1. The predicted molar refractivity (Wildman–Crippen MR) is 63.4 cm³/mol. The van der Waals surface area contributed by atoms with Gasteiger partial charge < -0.3 is 9.47 Å². The predicted octanol–water partition coefficient (Wildman–Crippen LogP) is 2.21. The molecule has 0 amide bonds. The highest BCUT2D eigenvalue weighted by Gasteiger charge is 2.11. The van der Waals surface area contributed by atoms with Crippen LogP contribution in [-0.2, 0) is 0 Å². The second-order valence-corrected chi connectivity index (χ2v) is 3.56. The van der Waals surface area contributed by atoms with Crippen LogP contribution in [0.25, 0.3) is 11.4 Å². The van der Waals surface area contributed by atoms with E-state index in [1.165, 1.54) is 6.20 Å². The lowest BCUT2D eigenvalue weighted by Crippen LogP contribution is -1.96. The van der Waals surface area contributed by atoms with Gasteiger partial charge in [0.2, 0.25) is 0 Å². The van der Waals surface area contributed by atoms with Gasteiger partial charge in [0.05, 0.1) is 26.0 Å². The van der Waals surface area contributed by atoms with E-state index in [1.54, 1.807) is 32.4 Å². The summed E-state index contributed by atoms with van der Waals surface area (Å²) in [6.07, 6.45) is 1.37. The summed E-state index contributed by atoms with van der Waals surface area (Å²) in [4.78, 5) is 4.08. The average Bonchev–Trinajstić information content (AvgIpc) is 2.38. The monoisotopic (exact) mass is 251 g/mol. The van der Waals surface area contributed by atoms with E-state index in [4.69, 9.17) is 21.1 Å². The smallest absolute Gasteiger partial charge is 0.187 e. The van der Waals surface area contributed by atoms with Crippen molar-refractivity contribution in [1.82, 2.24) is 15.2 Å². The van der Waals surface area contributed by atoms with E-state index in [0.717, 1.165) is 0 Å². The first-order valence-electron chi connectivity index (χ1n) is 4.82. The van der Waals surface area contributed by atoms with E-state index in [2.05, 4.69) is 15.2 Å². The van der Waals surface area contributed by atoms with Crippen molar-refractivity contribution in [2.45, 2.75) is 0 Å². The second-order valence-electron chi connectivity index (χ2n) is 3.17. The molecule has 0 N–H and O–H groups in total. The quantitative estimate of drug-likeness (QED) is 0.837. The topological polar surface area (TPSA) is 57.1 Å². The molecule has 0 radical (unpaired) electrons. The highest BCUT2D eigenvalue weighted by Crippen LogP contribution is 2.31. The standard InChI is InChI=1S/C11H10ClN3O2/c1-16-7-3-4-9(17-2)8(5-7)11-14-10(12)6-13-15-11/h3-6H,1-2H3. The highest BCUT2D eigenvalue weighted by molar-refractivity contribution is 6.29. The molecule has 0 saturated heterocycles. The van der Waals surface area contributed by atoms with E-state index in [1.807, 2.05) is 0 Å². The summed E-state index contributed by atoms with van der Waals surface area (Å²) in [5.41, 5.74) is 0.682. The Bertz CT molecular complexity index is 534. The maximum Gasteiger partial charge on any atom is 0.187 e. The van der Waals surface area contributed by atoms with Crippen molar-refractivity contribution in [2.24, 2.45) is 0 Å². The Balaban J connectivity index is 2.56. The molecule has 17 heavy (non-hydrogen) atoms. The minimum atomic E-state index is 0.278. The lowest BCUT2D eigenvalue weighted by Gasteiger charge is -2.08. The van der Waals surface area contributed by atoms with Gasteiger partial charge in [-0.2, -0.15) is 5.10 Å². The van der Waals surface area contributed by atoms with Crippen molar-refractivity contribution >= 4 is 11.6 Å². The van der Waals surface area contributed by atoms with Gasteiger partial charge in [-0.05, 0) is 18.2 Å². The Labute approximate surface area is 103 Å². The zero-order valence-corrected chi connectivity index (χ0v) is 10.1. The zero-order chi connectivity index (χ0) is 12.3. The minimum Gasteiger partial charge on any atom is -0.497 e. The molecular weight excluding hydrogens is 242 g/mol. The fraction of sp³-hybridized carbons (Fsp3) is 0.182. The molecule has 0 saturated carbocycles. The van der Waals surface area contributed by atoms with Crippen LogP contribution in [0.5, 0.6) is 11.5 Å². The van der Waals surface area contributed by atoms with Crippen LogP contribution in [0.3, 0.4) is 0 Å². The highest BCUT2D eigenvalue weighted by atomic mass is 35.5. The first-order valence-corrected chi connectivity index (χ1v) is 5.20. The maximum atomic E-state index is 5.78. The third kappa shape index (κ3) is 2.45. The molecule has 0 bridgehead atoms. The number of nitrogens with zero attached hydrogens (tertiary/aromatic N) is 3. The third-order valence-electron chi connectivity index (χ3n) is 2.18. The Hall–Kier alpha value is -1.88. The fourth-order valence-electron chi connectivity index (χ4n) is 1.39. The molecule has 0 aliphatic carbocycles. The first kappa shape index (κ1) is 11.6. The lowest BCUT2D eigenvalue weighted by molar-refractivity contribution is 0.404. The molecule has 0 unspecified atom stereocenters. The van der Waals surface area contributed by atoms with E-state index >= 15 is 0 Å². The van der Waals surface area contributed by atoms with Gasteiger partial charge in [0.1, 0.15) is 11.5 Å². The van der Waals surface area contributed by atoms with Gasteiger partial charge in [0, 0.05) is 0 Å². The molecule has 1 heterocycles. The minimum absolute atomic E-state index is 0.278. The van der Waals surface area contributed by atoms with Crippen molar-refractivity contribution in [3.63, 3.8) is 0 Å². The van der Waals surface area contributed by atoms with Crippen molar-refractivity contribution in [2.75, 3.05) is 14.2 Å². The molecule has 0 fully saturated rings. The Morgan fingerprint density at radius 3 is 2.65 bits per heavy atom. The molecule has 0 aliphatic heterocycles. The van der Waals surface area contributed by atoms with Crippen LogP contribution >= 0.6 is 11.6 Å². The molecule has 1 aromatic carbocycles. The van der Waals surface area contributed by atoms with Gasteiger partial charge in [-0.15, -0.1) is 5.10 Å². The van der Waals surface area contributed by atoms with Gasteiger partial charge >= 0.3 is 0 Å². The molecule has 0 spiro atoms. The summed E-state index contributed by atoms with van der Waals surface area (Å²) in [6.45, 7) is 0. The number of benzene rings is 1. The number of hydrogen-bond acceptors (Lipinski definition) is 5. The molecule has 2 aromatic rings. The molecule has 2 rings (SSSR count). The zero-order valence-electron chi connectivity index (χ0n) is 9.35. The van der Waals surface area contributed by atoms with Gasteiger partial charge in [-0.1, -0.05) is 11.6 Å². The Kier molecular flexibility index (Phi) is 3.39. The lowest BCUT2D eigenvalue weighted by atomic mass is 10.2. The summed E-state index contributed by atoms with van der Waals surface area (Å²) in [5.74, 6) is 1.72. The van der Waals surface area contributed by atoms with Crippen LogP contribution in [0.15, 0.2) is 24.4 Å². The van der Waals surface area contributed by atoms with E-state index in [9.17, 15) is 0 Å². The number of rotatable bonds is 3. The van der Waals surface area contributed by atoms with Gasteiger partial charge in [0.15, 0.2) is 11.0 Å². The number of hydrogen-bond donors (Lipinski definition) is 0. The van der Waals surface area contributed by atoms with Gasteiger partial charge in [-0.25, -0.2) is 4.98 Å². The fourth-order valence-corrected chi connectivity index (χ4v) is 1.51. The van der Waals surface area contributed by atoms with Crippen molar-refractivity contribution in [1.29, 1.82) is 0 Å². The summed E-state index contributed by atoms with van der Waals surface area (Å²) in [5, 5.41) is 7.94. The molecular formula is C11H10ClN3O2. The molecule has 6 heteroatoms. The molecule has 88 valence electrons. The molecule has 0 atom stereocenters. The van der Waals surface area contributed by atoms with Crippen molar-refractivity contribution < 1.29 is 9.47 Å². The van der Waals surface area contributed by atoms with Crippen LogP contribution in [0.4, 0.5) is 0 Å². The molecule has 1 aromatic heterocycles. The largest absolute Gasteiger partial charge is 0.497 e. The summed E-state index contributed by atoms with van der Waals surface area (Å²) in [7, 11) is 3.16. The van der Waals surface area contributed by atoms with Crippen LogP contribution in [-0.4, -0.2) is 29.4 Å². The van der Waals surface area contributed by atoms with Crippen LogP contribution < -0.4 is 9.47 Å². The van der Waals surface area contributed by atoms with Gasteiger partial charge in [0.25, 0.3) is 0 Å². The normalized spacial score (nSPS) is 10.1. The van der Waals surface area contributed by atoms with Crippen molar-refractivity contribution in [3.05, 3.63) is 29.5 Å². The van der Waals surface area contributed by atoms with E-state index < -0.39 is 0 Å². The molecule has 5 nitrogen and oxygen atoms in total. The number of halogens is 1. The van der Waals surface area contributed by atoms with Crippen molar-refractivity contribution in [3.8, 4) is 22.9 Å². The number of aromatic nitrogens is 3. The summed E-state index contributed by atoms with van der Waals surface area (Å²) in [6, 6.07) is 5.34. The first-order chi connectivity index (χ1) is 8.24. The van der Waals surface area contributed by atoms with E-state index in [0.29, 0.717) is 22.9 Å². The summed E-state index contributed by atoms with van der Waals surface area (Å²) >= 11 is 5.78. The Morgan fingerprint density at radius 2 is 2.00 bits per heavy atom. The number of methoxy groups -OCH3 is 2. The number of ether oxygens (including phenoxy) is 2. The van der Waals surface area contributed by atoms with Crippen LogP contribution in [0.1, 0.15) is 0 Å². The second kappa shape index (κ2) is 4.97. The van der Waals surface area contributed by atoms with Crippen LogP contribution in [0.2, 0.25) is 5.15 Å². The van der Waals surface area contributed by atoms with E-state index in [-0.39, 0.29) is 5.15 Å². The summed E-state index contributed by atoms with van der Waals surface area (Å²) < 4.78 is 10.4. The maximum absolute atomic E-state index is 5.78. The third-order valence-corrected chi connectivity index (χ3v) is 2.36. The average molecular weight is 252 g/mol. The van der Waals surface area contributed by atoms with Crippen LogP contribution in [0, 0.1) is 0 Å². The Morgan fingerprint density at radius 1 is 1.18 bits per heavy atom.